The first kappa shape index (κ1) is 15.9. The maximum absolute atomic E-state index is 12.3. The molecule has 0 unspecified atom stereocenters. The molecule has 1 aliphatic heterocycles. The average molecular weight is 306 g/mol. The Morgan fingerprint density at radius 2 is 1.55 bits per heavy atom. The number of hydrogen-bond acceptors (Lipinski definition) is 4. The van der Waals surface area contributed by atoms with Crippen molar-refractivity contribution in [1.82, 2.24) is 14.7 Å². The molecule has 22 heavy (non-hydrogen) atoms. The fraction of sp³-hybridized carbons (Fsp3) is 0.467. The van der Waals surface area contributed by atoms with E-state index < -0.39 is 0 Å². The van der Waals surface area contributed by atoms with Crippen LogP contribution in [0.4, 0.5) is 15.3 Å². The van der Waals surface area contributed by atoms with E-state index >= 15 is 0 Å². The van der Waals surface area contributed by atoms with Gasteiger partial charge in [0.15, 0.2) is 0 Å². The molecule has 0 aromatic heterocycles. The van der Waals surface area contributed by atoms with E-state index in [0.717, 1.165) is 10.6 Å². The van der Waals surface area contributed by atoms with E-state index in [1.165, 1.54) is 11.9 Å². The minimum atomic E-state index is -0.328. The Morgan fingerprint density at radius 3 is 2.05 bits per heavy atom. The number of rotatable bonds is 1. The van der Waals surface area contributed by atoms with Gasteiger partial charge in [-0.05, 0) is 24.3 Å². The van der Waals surface area contributed by atoms with Gasteiger partial charge in [-0.25, -0.2) is 14.5 Å². The van der Waals surface area contributed by atoms with Gasteiger partial charge in [0.1, 0.15) is 5.75 Å². The van der Waals surface area contributed by atoms with E-state index in [9.17, 15) is 14.7 Å². The summed E-state index contributed by atoms with van der Waals surface area (Å²) in [7, 11) is 4.74. The third-order valence-corrected chi connectivity index (χ3v) is 3.72. The summed E-state index contributed by atoms with van der Waals surface area (Å²) in [4.78, 5) is 30.4. The van der Waals surface area contributed by atoms with Crippen LogP contribution in [0.5, 0.6) is 5.75 Å². The largest absolute Gasteiger partial charge is 0.508 e. The van der Waals surface area contributed by atoms with Gasteiger partial charge in [0.05, 0.1) is 0 Å². The lowest BCUT2D eigenvalue weighted by Gasteiger charge is -2.37. The Hall–Kier alpha value is -2.44. The highest BCUT2D eigenvalue weighted by Gasteiger charge is 2.27. The van der Waals surface area contributed by atoms with Crippen LogP contribution in [0, 0.1) is 0 Å². The van der Waals surface area contributed by atoms with Crippen LogP contribution < -0.4 is 4.90 Å². The number of carbonyl (C=O) groups excluding carboxylic acids is 2. The van der Waals surface area contributed by atoms with Crippen LogP contribution in [-0.4, -0.2) is 79.2 Å². The predicted octanol–water partition coefficient (Wildman–Crippen LogP) is 1.25. The monoisotopic (exact) mass is 306 g/mol. The second-order valence-electron chi connectivity index (χ2n) is 5.51. The van der Waals surface area contributed by atoms with E-state index in [1.807, 2.05) is 12.1 Å². The molecule has 0 bridgehead atoms. The number of imide groups is 1. The third kappa shape index (κ3) is 3.41. The molecular formula is C15H22N4O3. The van der Waals surface area contributed by atoms with Gasteiger partial charge in [-0.15, -0.1) is 0 Å². The van der Waals surface area contributed by atoms with Crippen LogP contribution in [-0.2, 0) is 0 Å². The normalized spacial score (nSPS) is 14.7. The molecule has 1 heterocycles. The van der Waals surface area contributed by atoms with E-state index in [-0.39, 0.29) is 17.8 Å². The molecule has 120 valence electrons. The number of piperazine rings is 1. The number of carbonyl (C=O) groups is 2. The maximum atomic E-state index is 12.3. The summed E-state index contributed by atoms with van der Waals surface area (Å²) in [6, 6.07) is 6.41. The number of urea groups is 2. The van der Waals surface area contributed by atoms with Gasteiger partial charge >= 0.3 is 12.1 Å². The van der Waals surface area contributed by atoms with Gasteiger partial charge in [0, 0.05) is 53.0 Å². The number of nitrogens with zero attached hydrogens (tertiary/aromatic N) is 4. The van der Waals surface area contributed by atoms with Crippen LogP contribution in [0.25, 0.3) is 0 Å². The summed E-state index contributed by atoms with van der Waals surface area (Å²) in [5.74, 6) is 0.237. The second-order valence-corrected chi connectivity index (χ2v) is 5.51. The average Bonchev–Trinajstić information content (AvgIpc) is 2.53. The number of anilines is 1. The van der Waals surface area contributed by atoms with Gasteiger partial charge in [0.2, 0.25) is 0 Å². The number of phenolic OH excluding ortho intramolecular Hbond substituents is 1. The summed E-state index contributed by atoms with van der Waals surface area (Å²) in [5.41, 5.74) is 1.02. The van der Waals surface area contributed by atoms with Crippen molar-refractivity contribution in [2.45, 2.75) is 0 Å². The molecule has 0 aliphatic carbocycles. The topological polar surface area (TPSA) is 67.3 Å². The molecule has 7 heteroatoms. The van der Waals surface area contributed by atoms with Crippen molar-refractivity contribution in [3.8, 4) is 5.75 Å². The molecule has 7 nitrogen and oxygen atoms in total. The molecule has 0 atom stereocenters. The van der Waals surface area contributed by atoms with Crippen LogP contribution >= 0.6 is 0 Å². The van der Waals surface area contributed by atoms with Crippen LogP contribution in [0.1, 0.15) is 0 Å². The molecule has 0 radical (unpaired) electrons. The van der Waals surface area contributed by atoms with Crippen LogP contribution in [0.3, 0.4) is 0 Å². The van der Waals surface area contributed by atoms with E-state index in [4.69, 9.17) is 0 Å². The lowest BCUT2D eigenvalue weighted by molar-refractivity contribution is 0.149. The van der Waals surface area contributed by atoms with E-state index in [0.29, 0.717) is 26.2 Å². The first-order valence-corrected chi connectivity index (χ1v) is 7.18. The van der Waals surface area contributed by atoms with Crippen molar-refractivity contribution in [2.24, 2.45) is 0 Å². The molecule has 4 amide bonds. The third-order valence-electron chi connectivity index (χ3n) is 3.72. The van der Waals surface area contributed by atoms with Crippen molar-refractivity contribution < 1.29 is 14.7 Å². The number of benzene rings is 1. The van der Waals surface area contributed by atoms with Gasteiger partial charge in [-0.2, -0.15) is 0 Å². The second kappa shape index (κ2) is 6.55. The first-order chi connectivity index (χ1) is 10.4. The Balaban J connectivity index is 1.93. The Morgan fingerprint density at radius 1 is 1.00 bits per heavy atom. The summed E-state index contributed by atoms with van der Waals surface area (Å²) < 4.78 is 0. The highest BCUT2D eigenvalue weighted by Crippen LogP contribution is 2.20. The number of phenols is 1. The summed E-state index contributed by atoms with van der Waals surface area (Å²) in [6.07, 6.45) is 0. The molecule has 0 spiro atoms. The number of amides is 4. The zero-order chi connectivity index (χ0) is 16.3. The molecule has 1 saturated heterocycles. The maximum Gasteiger partial charge on any atom is 0.328 e. The molecule has 1 fully saturated rings. The number of hydrogen-bond donors (Lipinski definition) is 1. The molecule has 1 aliphatic rings. The lowest BCUT2D eigenvalue weighted by atomic mass is 10.2. The highest BCUT2D eigenvalue weighted by molar-refractivity contribution is 5.93. The fourth-order valence-corrected chi connectivity index (χ4v) is 2.41. The van der Waals surface area contributed by atoms with Crippen molar-refractivity contribution >= 4 is 17.7 Å². The lowest BCUT2D eigenvalue weighted by Crippen LogP contribution is -2.54. The molecule has 1 aromatic carbocycles. The molecule has 1 aromatic rings. The Labute approximate surface area is 130 Å². The van der Waals surface area contributed by atoms with Crippen molar-refractivity contribution in [3.05, 3.63) is 24.3 Å². The molecular weight excluding hydrogens is 284 g/mol. The van der Waals surface area contributed by atoms with Crippen molar-refractivity contribution in [3.63, 3.8) is 0 Å². The van der Waals surface area contributed by atoms with Crippen LogP contribution in [0.15, 0.2) is 24.3 Å². The van der Waals surface area contributed by atoms with Crippen molar-refractivity contribution in [2.75, 3.05) is 52.2 Å². The SMILES string of the molecule is CN(C)C(=O)N(C)C(=O)N1CCN(c2ccc(O)cc2)CC1. The standard InChI is InChI=1S/C15H22N4O3/c1-16(2)14(21)17(3)15(22)19-10-8-18(9-11-19)12-4-6-13(20)7-5-12/h4-7,20H,8-11H2,1-3H3. The Kier molecular flexibility index (Phi) is 4.75. The van der Waals surface area contributed by atoms with E-state index in [1.54, 1.807) is 31.1 Å². The zero-order valence-corrected chi connectivity index (χ0v) is 13.2. The first-order valence-electron chi connectivity index (χ1n) is 7.18. The highest BCUT2D eigenvalue weighted by atomic mass is 16.3. The predicted molar refractivity (Wildman–Crippen MR) is 84.1 cm³/mol. The summed E-state index contributed by atoms with van der Waals surface area (Å²) in [6.45, 7) is 2.51. The smallest absolute Gasteiger partial charge is 0.328 e. The summed E-state index contributed by atoms with van der Waals surface area (Å²) in [5, 5.41) is 9.31. The summed E-state index contributed by atoms with van der Waals surface area (Å²) >= 11 is 0. The number of aromatic hydroxyl groups is 1. The molecule has 0 saturated carbocycles. The minimum absolute atomic E-state index is 0.237. The quantitative estimate of drug-likeness (QED) is 0.848. The van der Waals surface area contributed by atoms with Gasteiger partial charge in [0.25, 0.3) is 0 Å². The Bertz CT molecular complexity index is 536. The molecule has 1 N–H and O–H groups in total. The van der Waals surface area contributed by atoms with Gasteiger partial charge < -0.3 is 19.8 Å². The van der Waals surface area contributed by atoms with E-state index in [2.05, 4.69) is 4.90 Å². The van der Waals surface area contributed by atoms with Gasteiger partial charge in [-0.3, -0.25) is 0 Å². The fourth-order valence-electron chi connectivity index (χ4n) is 2.41. The van der Waals surface area contributed by atoms with Crippen LogP contribution in [0.2, 0.25) is 0 Å². The zero-order valence-electron chi connectivity index (χ0n) is 13.2. The van der Waals surface area contributed by atoms with Gasteiger partial charge in [-0.1, -0.05) is 0 Å². The minimum Gasteiger partial charge on any atom is -0.508 e. The van der Waals surface area contributed by atoms with Crippen molar-refractivity contribution in [1.29, 1.82) is 0 Å². The molecule has 2 rings (SSSR count).